The van der Waals surface area contributed by atoms with E-state index in [0.717, 1.165) is 15.9 Å². The smallest absolute Gasteiger partial charge is 0.272 e. The first-order valence-electron chi connectivity index (χ1n) is 13.0. The summed E-state index contributed by atoms with van der Waals surface area (Å²) in [7, 11) is 0. The molecule has 0 aliphatic carbocycles. The Morgan fingerprint density at radius 2 is 1.10 bits per heavy atom. The quantitative estimate of drug-likeness (QED) is 0.188. The number of para-hydroxylation sites is 1. The predicted molar refractivity (Wildman–Crippen MR) is 164 cm³/mol. The zero-order chi connectivity index (χ0) is 27.6. The van der Waals surface area contributed by atoms with E-state index in [4.69, 9.17) is 5.84 Å². The van der Waals surface area contributed by atoms with Gasteiger partial charge < -0.3 is 5.32 Å². The molecule has 1 aliphatic rings. The van der Waals surface area contributed by atoms with E-state index in [2.05, 4.69) is 47.8 Å². The van der Waals surface area contributed by atoms with Gasteiger partial charge in [0.2, 0.25) is 0 Å². The van der Waals surface area contributed by atoms with Gasteiger partial charge in [0.25, 0.3) is 5.91 Å². The third-order valence-corrected chi connectivity index (χ3v) is 11.8. The molecule has 0 fully saturated rings. The maximum Gasteiger partial charge on any atom is 0.272 e. The van der Waals surface area contributed by atoms with Crippen LogP contribution in [0.25, 0.3) is 0 Å². The van der Waals surface area contributed by atoms with E-state index in [9.17, 15) is 10.1 Å². The van der Waals surface area contributed by atoms with E-state index >= 15 is 0 Å². The second-order valence-corrected chi connectivity index (χ2v) is 12.9. The van der Waals surface area contributed by atoms with Gasteiger partial charge in [-0.2, -0.15) is 5.26 Å². The molecular formula is C34H27N4OP. The molecule has 0 aromatic heterocycles. The number of carbonyl (C=O) groups excluding carboxylic acids is 1. The Kier molecular flexibility index (Phi) is 6.58. The van der Waals surface area contributed by atoms with Crippen molar-refractivity contribution in [3.8, 4) is 6.07 Å². The Balaban J connectivity index is 1.89. The number of nitrogens with zero attached hydrogens (tertiary/aromatic N) is 2. The lowest BCUT2D eigenvalue weighted by atomic mass is 9.91. The van der Waals surface area contributed by atoms with Gasteiger partial charge in [0.1, 0.15) is 6.07 Å². The van der Waals surface area contributed by atoms with E-state index in [1.807, 2.05) is 103 Å². The van der Waals surface area contributed by atoms with Crippen LogP contribution in [0.5, 0.6) is 0 Å². The van der Waals surface area contributed by atoms with Crippen LogP contribution in [-0.2, 0) is 5.66 Å². The van der Waals surface area contributed by atoms with Crippen molar-refractivity contribution in [2.24, 2.45) is 5.84 Å². The minimum atomic E-state index is -2.92. The molecule has 1 atom stereocenters. The van der Waals surface area contributed by atoms with Gasteiger partial charge >= 0.3 is 0 Å². The minimum absolute atomic E-state index is 0.363. The monoisotopic (exact) mass is 538 g/mol. The number of rotatable bonds is 5. The summed E-state index contributed by atoms with van der Waals surface area (Å²) in [6, 6.07) is 49.8. The summed E-state index contributed by atoms with van der Waals surface area (Å²) in [5.41, 5.74) is 0.301. The average Bonchev–Trinajstić information content (AvgIpc) is 3.03. The number of anilines is 1. The molecule has 6 heteroatoms. The molecule has 0 saturated heterocycles. The Labute approximate surface area is 234 Å². The molecule has 0 saturated carbocycles. The van der Waals surface area contributed by atoms with Crippen molar-refractivity contribution in [3.05, 3.63) is 157 Å². The molecule has 3 N–H and O–H groups in total. The molecule has 1 aliphatic heterocycles. The van der Waals surface area contributed by atoms with E-state index in [-0.39, 0.29) is 5.91 Å². The normalized spacial score (nSPS) is 16.4. The molecule has 6 rings (SSSR count). The van der Waals surface area contributed by atoms with Gasteiger partial charge in [-0.05, 0) is 34.9 Å². The number of nitrogens with one attached hydrogen (secondary N) is 1. The second-order valence-electron chi connectivity index (χ2n) is 9.56. The van der Waals surface area contributed by atoms with Crippen LogP contribution in [0, 0.1) is 11.3 Å². The summed E-state index contributed by atoms with van der Waals surface area (Å²) in [5.74, 6) is 6.52. The van der Waals surface area contributed by atoms with Crippen LogP contribution in [0.15, 0.2) is 146 Å². The van der Waals surface area contributed by atoms with Crippen molar-refractivity contribution in [2.45, 2.75) is 5.66 Å². The number of nitrogens with two attached hydrogens (primary N) is 1. The van der Waals surface area contributed by atoms with Gasteiger partial charge in [-0.25, -0.2) is 10.9 Å². The fourth-order valence-corrected chi connectivity index (χ4v) is 10.2. The van der Waals surface area contributed by atoms with Crippen LogP contribution in [0.4, 0.5) is 5.69 Å². The number of fused-ring (bicyclic) bond motifs is 1. The number of carbonyl (C=O) groups is 1. The van der Waals surface area contributed by atoms with Crippen LogP contribution in [0.1, 0.15) is 15.9 Å². The van der Waals surface area contributed by atoms with Gasteiger partial charge in [0.15, 0.2) is 5.66 Å². The van der Waals surface area contributed by atoms with Crippen molar-refractivity contribution in [3.63, 3.8) is 0 Å². The lowest BCUT2D eigenvalue weighted by Gasteiger charge is -2.48. The summed E-state index contributed by atoms with van der Waals surface area (Å²) in [4.78, 5) is 14.0. The van der Waals surface area contributed by atoms with Gasteiger partial charge in [-0.15, -0.1) is 0 Å². The Bertz CT molecular complexity index is 1660. The van der Waals surface area contributed by atoms with Gasteiger partial charge in [-0.1, -0.05) is 133 Å². The van der Waals surface area contributed by atoms with E-state index in [0.29, 0.717) is 22.1 Å². The molecule has 0 radical (unpaired) electrons. The molecule has 5 aromatic carbocycles. The number of hydrogen-bond donors (Lipinski definition) is 2. The third-order valence-electron chi connectivity index (χ3n) is 7.46. The molecule has 40 heavy (non-hydrogen) atoms. The zero-order valence-corrected chi connectivity index (χ0v) is 22.6. The highest BCUT2D eigenvalue weighted by atomic mass is 31.2. The highest BCUT2D eigenvalue weighted by Crippen LogP contribution is 2.52. The lowest BCUT2D eigenvalue weighted by Crippen LogP contribution is -2.65. The fourth-order valence-electron chi connectivity index (χ4n) is 5.70. The first-order chi connectivity index (χ1) is 19.6. The topological polar surface area (TPSA) is 82.2 Å². The van der Waals surface area contributed by atoms with Crippen LogP contribution in [0.2, 0.25) is 0 Å². The Hall–Kier alpha value is -4.88. The molecule has 1 heterocycles. The molecule has 194 valence electrons. The first-order valence-corrected chi connectivity index (χ1v) is 14.8. The van der Waals surface area contributed by atoms with Crippen molar-refractivity contribution in [1.82, 2.24) is 5.01 Å². The average molecular weight is 539 g/mol. The van der Waals surface area contributed by atoms with Crippen LogP contribution in [-0.4, -0.2) is 16.2 Å². The lowest BCUT2D eigenvalue weighted by molar-refractivity contribution is 0.0620. The van der Waals surface area contributed by atoms with Gasteiger partial charge in [-0.3, -0.25) is 4.79 Å². The summed E-state index contributed by atoms with van der Waals surface area (Å²) < 4.78 is 0. The summed E-state index contributed by atoms with van der Waals surface area (Å²) in [5, 5.41) is 19.6. The number of nitriles is 1. The predicted octanol–water partition coefficient (Wildman–Crippen LogP) is 4.97. The summed E-state index contributed by atoms with van der Waals surface area (Å²) in [6.07, 6.45) is 0. The largest absolute Gasteiger partial charge is 0.353 e. The second kappa shape index (κ2) is 10.4. The molecule has 5 aromatic rings. The third kappa shape index (κ3) is 3.78. The molecular weight excluding hydrogens is 511 g/mol. The number of hydrazine groups is 1. The molecule has 0 spiro atoms. The number of amides is 1. The van der Waals surface area contributed by atoms with E-state index < -0.39 is 12.5 Å². The van der Waals surface area contributed by atoms with E-state index in [1.54, 1.807) is 6.07 Å². The Morgan fingerprint density at radius 3 is 1.57 bits per heavy atom. The van der Waals surface area contributed by atoms with Crippen molar-refractivity contribution in [2.75, 3.05) is 5.32 Å². The molecule has 5 nitrogen and oxygen atoms in total. The number of benzene rings is 5. The first kappa shape index (κ1) is 25.4. The Morgan fingerprint density at radius 1 is 0.675 bits per heavy atom. The van der Waals surface area contributed by atoms with Gasteiger partial charge in [0, 0.05) is 11.3 Å². The standard InChI is InChI=1S/C34H27N4OP/c35-25-32(34(26-15-5-1-6-16-26)37-31-24-14-13-23-30(31)33(39)38(34)36)40(27-17-7-2-8-18-27,28-19-9-3-10-20-28)29-21-11-4-12-22-29/h1-24,37H,36H2. The molecule has 1 unspecified atom stereocenters. The number of hydrogen-bond acceptors (Lipinski definition) is 4. The van der Waals surface area contributed by atoms with Gasteiger partial charge in [0.05, 0.1) is 10.9 Å². The fraction of sp³-hybridized carbons (Fsp3) is 0.0294. The SMILES string of the molecule is N#CC(C1(c2ccccc2)Nc2ccccc2C(=O)N1N)=P(c1ccccc1)(c1ccccc1)c1ccccc1. The van der Waals surface area contributed by atoms with Crippen LogP contribution >= 0.6 is 6.89 Å². The highest BCUT2D eigenvalue weighted by Gasteiger charge is 2.52. The highest BCUT2D eigenvalue weighted by molar-refractivity contribution is 7.95. The van der Waals surface area contributed by atoms with Crippen molar-refractivity contribution in [1.29, 1.82) is 5.26 Å². The summed E-state index contributed by atoms with van der Waals surface area (Å²) >= 11 is 0. The zero-order valence-electron chi connectivity index (χ0n) is 21.7. The minimum Gasteiger partial charge on any atom is -0.353 e. The maximum absolute atomic E-state index is 14.0. The van der Waals surface area contributed by atoms with Crippen molar-refractivity contribution < 1.29 is 4.79 Å². The maximum atomic E-state index is 14.0. The molecule has 1 amide bonds. The molecule has 0 bridgehead atoms. The van der Waals surface area contributed by atoms with E-state index in [1.165, 1.54) is 5.01 Å². The van der Waals surface area contributed by atoms with Crippen LogP contribution < -0.4 is 27.1 Å². The van der Waals surface area contributed by atoms with Crippen molar-refractivity contribution >= 4 is 39.7 Å². The van der Waals surface area contributed by atoms with Crippen LogP contribution in [0.3, 0.4) is 0 Å². The summed E-state index contributed by atoms with van der Waals surface area (Å²) in [6.45, 7) is -2.92.